The molecule has 0 spiro atoms. The second-order valence-electron chi connectivity index (χ2n) is 5.86. The van der Waals surface area contributed by atoms with E-state index in [0.717, 1.165) is 19.4 Å². The van der Waals surface area contributed by atoms with E-state index in [0.29, 0.717) is 30.3 Å². The minimum Gasteiger partial charge on any atom is -0.454 e. The van der Waals surface area contributed by atoms with Crippen LogP contribution < -0.4 is 20.5 Å². The molecule has 1 aromatic rings. The van der Waals surface area contributed by atoms with Crippen molar-refractivity contribution in [1.82, 2.24) is 4.90 Å². The number of methoxy groups -OCH3 is 1. The summed E-state index contributed by atoms with van der Waals surface area (Å²) in [6.07, 6.45) is 2.02. The van der Waals surface area contributed by atoms with Gasteiger partial charge in [0.2, 0.25) is 12.7 Å². The lowest BCUT2D eigenvalue weighted by atomic mass is 9.99. The maximum absolute atomic E-state index is 12.3. The number of carbonyl (C=O) groups is 1. The molecular formula is C16H23N3O4. The van der Waals surface area contributed by atoms with Crippen LogP contribution in [-0.4, -0.2) is 56.5 Å². The Hall–Kier alpha value is -1.83. The largest absolute Gasteiger partial charge is 0.454 e. The molecule has 0 bridgehead atoms. The highest BCUT2D eigenvalue weighted by atomic mass is 16.7. The molecule has 7 heteroatoms. The van der Waals surface area contributed by atoms with Gasteiger partial charge in [-0.25, -0.2) is 0 Å². The Morgan fingerprint density at radius 3 is 3.04 bits per heavy atom. The first-order chi connectivity index (χ1) is 11.2. The highest BCUT2D eigenvalue weighted by Gasteiger charge is 2.28. The van der Waals surface area contributed by atoms with Crippen LogP contribution in [-0.2, 0) is 9.53 Å². The van der Waals surface area contributed by atoms with E-state index in [-0.39, 0.29) is 24.8 Å². The summed E-state index contributed by atoms with van der Waals surface area (Å²) in [6, 6.07) is 5.56. The number of anilines is 1. The summed E-state index contributed by atoms with van der Waals surface area (Å²) in [7, 11) is 1.72. The summed E-state index contributed by atoms with van der Waals surface area (Å²) in [5, 5.41) is 2.90. The van der Waals surface area contributed by atoms with Crippen LogP contribution in [0, 0.1) is 0 Å². The predicted octanol–water partition coefficient (Wildman–Crippen LogP) is 0.792. The molecular weight excluding hydrogens is 298 g/mol. The minimum absolute atomic E-state index is 0.0572. The summed E-state index contributed by atoms with van der Waals surface area (Å²) < 4.78 is 16.0. The normalized spacial score (nSPS) is 23.7. The van der Waals surface area contributed by atoms with Crippen molar-refractivity contribution < 1.29 is 19.0 Å². The fraction of sp³-hybridized carbons (Fsp3) is 0.562. The molecule has 126 valence electrons. The van der Waals surface area contributed by atoms with Crippen molar-refractivity contribution in [2.24, 2.45) is 5.73 Å². The van der Waals surface area contributed by atoms with E-state index in [1.165, 1.54) is 0 Å². The average Bonchev–Trinajstić information content (AvgIpc) is 3.02. The number of nitrogens with two attached hydrogens (primary N) is 1. The van der Waals surface area contributed by atoms with Crippen LogP contribution in [0.1, 0.15) is 12.8 Å². The maximum Gasteiger partial charge on any atom is 0.238 e. The summed E-state index contributed by atoms with van der Waals surface area (Å²) in [6.45, 7) is 1.89. The summed E-state index contributed by atoms with van der Waals surface area (Å²) in [5.41, 5.74) is 6.54. The van der Waals surface area contributed by atoms with E-state index >= 15 is 0 Å². The van der Waals surface area contributed by atoms with Crippen molar-refractivity contribution in [3.05, 3.63) is 18.2 Å². The molecule has 0 aromatic heterocycles. The molecule has 1 aromatic carbocycles. The first kappa shape index (κ1) is 16.0. The van der Waals surface area contributed by atoms with Gasteiger partial charge in [0.05, 0.1) is 12.6 Å². The lowest BCUT2D eigenvalue weighted by molar-refractivity contribution is -0.118. The molecule has 2 heterocycles. The van der Waals surface area contributed by atoms with Gasteiger partial charge in [-0.15, -0.1) is 0 Å². The number of rotatable bonds is 5. The van der Waals surface area contributed by atoms with E-state index in [1.54, 1.807) is 19.2 Å². The number of likely N-dealkylation sites (tertiary alicyclic amines) is 1. The molecule has 23 heavy (non-hydrogen) atoms. The third-order valence-electron chi connectivity index (χ3n) is 4.40. The van der Waals surface area contributed by atoms with Gasteiger partial charge in [0.1, 0.15) is 0 Å². The van der Waals surface area contributed by atoms with Crippen molar-refractivity contribution in [1.29, 1.82) is 0 Å². The van der Waals surface area contributed by atoms with E-state index in [9.17, 15) is 4.79 Å². The molecule has 7 nitrogen and oxygen atoms in total. The third kappa shape index (κ3) is 3.74. The van der Waals surface area contributed by atoms with Crippen LogP contribution in [0.5, 0.6) is 11.5 Å². The highest BCUT2D eigenvalue weighted by molar-refractivity contribution is 5.92. The molecule has 2 aliphatic rings. The molecule has 1 fully saturated rings. The number of carbonyl (C=O) groups excluding carboxylic acids is 1. The Morgan fingerprint density at radius 1 is 1.43 bits per heavy atom. The molecule has 1 amide bonds. The quantitative estimate of drug-likeness (QED) is 0.834. The Balaban J connectivity index is 1.56. The third-order valence-corrected chi connectivity index (χ3v) is 4.40. The van der Waals surface area contributed by atoms with Crippen LogP contribution in [0.15, 0.2) is 18.2 Å². The number of fused-ring (bicyclic) bond motifs is 1. The van der Waals surface area contributed by atoms with Crippen LogP contribution >= 0.6 is 0 Å². The number of nitrogens with one attached hydrogen (secondary N) is 1. The molecule has 0 radical (unpaired) electrons. The predicted molar refractivity (Wildman–Crippen MR) is 85.6 cm³/mol. The fourth-order valence-electron chi connectivity index (χ4n) is 3.09. The molecule has 3 N–H and O–H groups in total. The zero-order valence-corrected chi connectivity index (χ0v) is 13.3. The standard InChI is InChI=1S/C16H23N3O4/c1-21-13-4-5-19(12(7-13)8-17)9-16(20)18-11-2-3-14-15(6-11)23-10-22-14/h2-3,6,12-13H,4-5,7-10,17H2,1H3,(H,18,20). The molecule has 2 aliphatic heterocycles. The summed E-state index contributed by atoms with van der Waals surface area (Å²) in [5.74, 6) is 1.30. The van der Waals surface area contributed by atoms with E-state index in [1.807, 2.05) is 6.07 Å². The second kappa shape index (κ2) is 7.16. The highest BCUT2D eigenvalue weighted by Crippen LogP contribution is 2.34. The first-order valence-electron chi connectivity index (χ1n) is 7.86. The van der Waals surface area contributed by atoms with Crippen LogP contribution in [0.25, 0.3) is 0 Å². The Labute approximate surface area is 135 Å². The van der Waals surface area contributed by atoms with Gasteiger partial charge < -0.3 is 25.3 Å². The van der Waals surface area contributed by atoms with Gasteiger partial charge >= 0.3 is 0 Å². The smallest absolute Gasteiger partial charge is 0.238 e. The van der Waals surface area contributed by atoms with Gasteiger partial charge in [-0.3, -0.25) is 9.69 Å². The lowest BCUT2D eigenvalue weighted by Crippen LogP contribution is -2.50. The Bertz CT molecular complexity index is 566. The van der Waals surface area contributed by atoms with E-state index in [2.05, 4.69) is 10.2 Å². The lowest BCUT2D eigenvalue weighted by Gasteiger charge is -2.37. The summed E-state index contributed by atoms with van der Waals surface area (Å²) >= 11 is 0. The molecule has 3 rings (SSSR count). The van der Waals surface area contributed by atoms with Gasteiger partial charge in [0.25, 0.3) is 0 Å². The number of hydrogen-bond donors (Lipinski definition) is 2. The zero-order valence-electron chi connectivity index (χ0n) is 13.3. The second-order valence-corrected chi connectivity index (χ2v) is 5.86. The number of amides is 1. The van der Waals surface area contributed by atoms with Gasteiger partial charge in [-0.1, -0.05) is 0 Å². The topological polar surface area (TPSA) is 86.0 Å². The van der Waals surface area contributed by atoms with E-state index in [4.69, 9.17) is 19.9 Å². The van der Waals surface area contributed by atoms with Crippen molar-refractivity contribution in [3.63, 3.8) is 0 Å². The number of ether oxygens (including phenoxy) is 3. The van der Waals surface area contributed by atoms with Gasteiger partial charge in [0.15, 0.2) is 11.5 Å². The van der Waals surface area contributed by atoms with Gasteiger partial charge in [-0.05, 0) is 25.0 Å². The van der Waals surface area contributed by atoms with Crippen molar-refractivity contribution in [3.8, 4) is 11.5 Å². The molecule has 0 saturated carbocycles. The molecule has 2 atom stereocenters. The van der Waals surface area contributed by atoms with Crippen molar-refractivity contribution in [2.75, 3.05) is 38.9 Å². The van der Waals surface area contributed by atoms with Crippen LogP contribution in [0.4, 0.5) is 5.69 Å². The number of piperidine rings is 1. The summed E-state index contributed by atoms with van der Waals surface area (Å²) in [4.78, 5) is 14.4. The van der Waals surface area contributed by atoms with Crippen LogP contribution in [0.3, 0.4) is 0 Å². The minimum atomic E-state index is -0.0572. The Kier molecular flexibility index (Phi) is 5.00. The SMILES string of the molecule is COC1CCN(CC(=O)Nc2ccc3c(c2)OCO3)C(CN)C1. The number of benzene rings is 1. The fourth-order valence-corrected chi connectivity index (χ4v) is 3.09. The van der Waals surface area contributed by atoms with Crippen molar-refractivity contribution in [2.45, 2.75) is 25.0 Å². The number of hydrogen-bond acceptors (Lipinski definition) is 6. The van der Waals surface area contributed by atoms with Gasteiger partial charge in [0, 0.05) is 38.0 Å². The number of nitrogens with zero attached hydrogens (tertiary/aromatic N) is 1. The van der Waals surface area contributed by atoms with E-state index < -0.39 is 0 Å². The molecule has 2 unspecified atom stereocenters. The van der Waals surface area contributed by atoms with Gasteiger partial charge in [-0.2, -0.15) is 0 Å². The van der Waals surface area contributed by atoms with Crippen LogP contribution in [0.2, 0.25) is 0 Å². The average molecular weight is 321 g/mol. The first-order valence-corrected chi connectivity index (χ1v) is 7.86. The maximum atomic E-state index is 12.3. The molecule has 1 saturated heterocycles. The van der Waals surface area contributed by atoms with Crippen molar-refractivity contribution >= 4 is 11.6 Å². The monoisotopic (exact) mass is 321 g/mol. The molecule has 0 aliphatic carbocycles. The zero-order chi connectivity index (χ0) is 16.2. The Morgan fingerprint density at radius 2 is 2.26 bits per heavy atom.